The number of sulfonamides is 1. The summed E-state index contributed by atoms with van der Waals surface area (Å²) in [7, 11) is -6.32. The molecule has 8 heteroatoms. The maximum atomic E-state index is 12.2. The molecule has 1 saturated heterocycles. The smallest absolute Gasteiger partial charge is 0.257 e. The van der Waals surface area contributed by atoms with Gasteiger partial charge >= 0.3 is 0 Å². The van der Waals surface area contributed by atoms with Gasteiger partial charge in [-0.15, -0.1) is 3.77 Å². The van der Waals surface area contributed by atoms with Crippen molar-refractivity contribution in [3.63, 3.8) is 0 Å². The molecule has 20 heavy (non-hydrogen) atoms. The second-order valence-corrected chi connectivity index (χ2v) is 9.78. The van der Waals surface area contributed by atoms with E-state index in [1.165, 1.54) is 0 Å². The summed E-state index contributed by atoms with van der Waals surface area (Å²) >= 11 is 0. The van der Waals surface area contributed by atoms with Gasteiger partial charge in [-0.2, -0.15) is 0 Å². The molecular weight excluding hydrogens is 300 g/mol. The second-order valence-electron chi connectivity index (χ2n) is 5.36. The topological polar surface area (TPSA) is 83.9 Å². The third-order valence-corrected chi connectivity index (χ3v) is 7.17. The summed E-state index contributed by atoms with van der Waals surface area (Å²) in [6.45, 7) is 4.64. The molecule has 0 aliphatic carbocycles. The molecule has 1 unspecified atom stereocenters. The van der Waals surface area contributed by atoms with Crippen molar-refractivity contribution < 1.29 is 17.4 Å². The monoisotopic (exact) mass is 324 g/mol. The summed E-state index contributed by atoms with van der Waals surface area (Å²) in [5.41, 5.74) is 0. The van der Waals surface area contributed by atoms with Crippen LogP contribution in [0.5, 0.6) is 0 Å². The van der Waals surface area contributed by atoms with Gasteiger partial charge in [0.1, 0.15) is 0 Å². The summed E-state index contributed by atoms with van der Waals surface area (Å²) in [6, 6.07) is 0. The van der Waals surface area contributed by atoms with Gasteiger partial charge in [-0.25, -0.2) is 12.6 Å². The third-order valence-electron chi connectivity index (χ3n) is 3.36. The zero-order chi connectivity index (χ0) is 15.4. The van der Waals surface area contributed by atoms with Crippen LogP contribution in [0.1, 0.15) is 33.1 Å². The van der Waals surface area contributed by atoms with E-state index in [0.717, 1.165) is 25.5 Å². The maximum Gasteiger partial charge on any atom is 0.257 e. The second kappa shape index (κ2) is 6.89. The molecule has 0 aromatic heterocycles. The first-order valence-electron chi connectivity index (χ1n) is 6.89. The van der Waals surface area contributed by atoms with Gasteiger partial charge in [-0.1, -0.05) is 26.7 Å². The Hall–Kier alpha value is -0.630. The van der Waals surface area contributed by atoms with Crippen LogP contribution < -0.4 is 0 Å². The molecule has 0 spiro atoms. The van der Waals surface area contributed by atoms with Crippen LogP contribution in [0.25, 0.3) is 0 Å². The van der Waals surface area contributed by atoms with Crippen molar-refractivity contribution in [1.29, 1.82) is 0 Å². The van der Waals surface area contributed by atoms with Gasteiger partial charge in [0.05, 0.1) is 27.5 Å². The molecular formula is C12H24N2O4S2. The lowest BCUT2D eigenvalue weighted by Crippen LogP contribution is -2.45. The largest absolute Gasteiger partial charge is 0.341 e. The Balaban J connectivity index is 2.65. The minimum atomic E-state index is -3.60. The van der Waals surface area contributed by atoms with Gasteiger partial charge in [0.15, 0.2) is 0 Å². The summed E-state index contributed by atoms with van der Waals surface area (Å²) in [5.74, 6) is 0.328. The van der Waals surface area contributed by atoms with Crippen LogP contribution in [0, 0.1) is 5.92 Å². The minimum Gasteiger partial charge on any atom is -0.341 e. The Morgan fingerprint density at radius 3 is 2.35 bits per heavy atom. The number of unbranched alkanes of at least 4 members (excludes halogenated alkanes) is 1. The number of hydrogen-bond acceptors (Lipinski definition) is 4. The average molecular weight is 324 g/mol. The SMILES string of the molecule is CCCCC(C)C(=O)N1CCS(=O)(=NS(C)(=O)=O)CC1. The number of amides is 1. The molecule has 1 aliphatic rings. The molecule has 1 atom stereocenters. The van der Waals surface area contributed by atoms with Gasteiger partial charge in [0.25, 0.3) is 10.0 Å². The number of nitrogens with zero attached hydrogens (tertiary/aromatic N) is 2. The van der Waals surface area contributed by atoms with E-state index < -0.39 is 19.8 Å². The molecule has 0 saturated carbocycles. The molecule has 1 amide bonds. The van der Waals surface area contributed by atoms with Crippen LogP contribution in [0.3, 0.4) is 0 Å². The molecule has 1 fully saturated rings. The zero-order valence-electron chi connectivity index (χ0n) is 12.4. The Labute approximate surface area is 122 Å². The van der Waals surface area contributed by atoms with E-state index in [4.69, 9.17) is 0 Å². The fraction of sp³-hybridized carbons (Fsp3) is 0.917. The molecule has 0 radical (unpaired) electrons. The van der Waals surface area contributed by atoms with E-state index in [-0.39, 0.29) is 23.3 Å². The van der Waals surface area contributed by atoms with Crippen LogP contribution in [0.4, 0.5) is 0 Å². The number of carbonyl (C=O) groups is 1. The van der Waals surface area contributed by atoms with Crippen molar-refractivity contribution in [2.75, 3.05) is 30.9 Å². The predicted octanol–water partition coefficient (Wildman–Crippen LogP) is 1.08. The quantitative estimate of drug-likeness (QED) is 0.757. The Morgan fingerprint density at radius 1 is 1.35 bits per heavy atom. The Bertz CT molecular complexity index is 548. The molecule has 6 nitrogen and oxygen atoms in total. The molecule has 0 N–H and O–H groups in total. The van der Waals surface area contributed by atoms with Crippen molar-refractivity contribution in [3.8, 4) is 0 Å². The fourth-order valence-electron chi connectivity index (χ4n) is 2.21. The van der Waals surface area contributed by atoms with Crippen molar-refractivity contribution in [2.24, 2.45) is 9.69 Å². The van der Waals surface area contributed by atoms with Crippen LogP contribution >= 0.6 is 0 Å². The van der Waals surface area contributed by atoms with E-state index in [1.54, 1.807) is 4.90 Å². The number of carbonyl (C=O) groups excluding carboxylic acids is 1. The third kappa shape index (κ3) is 5.40. The van der Waals surface area contributed by atoms with Crippen LogP contribution in [-0.2, 0) is 24.5 Å². The minimum absolute atomic E-state index is 0.0315. The van der Waals surface area contributed by atoms with E-state index in [2.05, 4.69) is 10.7 Å². The van der Waals surface area contributed by atoms with Gasteiger partial charge in [0.2, 0.25) is 5.91 Å². The maximum absolute atomic E-state index is 12.2. The van der Waals surface area contributed by atoms with Gasteiger partial charge in [-0.3, -0.25) is 4.79 Å². The molecule has 1 aliphatic heterocycles. The molecule has 0 aromatic rings. The first-order valence-corrected chi connectivity index (χ1v) is 10.6. The van der Waals surface area contributed by atoms with Crippen LogP contribution in [-0.4, -0.2) is 54.3 Å². The van der Waals surface area contributed by atoms with E-state index in [1.807, 2.05) is 6.92 Å². The Kier molecular flexibility index (Phi) is 6.00. The highest BCUT2D eigenvalue weighted by molar-refractivity contribution is 8.03. The van der Waals surface area contributed by atoms with Gasteiger partial charge < -0.3 is 4.90 Å². The standard InChI is InChI=1S/C12H24N2O4S2/c1-4-5-6-11(2)12(15)14-7-9-20(18,10-8-14)13-19(3,16)17/h11H,4-10H2,1-3H3. The highest BCUT2D eigenvalue weighted by atomic mass is 32.3. The van der Waals surface area contributed by atoms with Crippen molar-refractivity contribution in [3.05, 3.63) is 0 Å². The zero-order valence-corrected chi connectivity index (χ0v) is 14.0. The first-order chi connectivity index (χ1) is 9.17. The molecule has 118 valence electrons. The summed E-state index contributed by atoms with van der Waals surface area (Å²) in [5, 5.41) is 0. The lowest BCUT2D eigenvalue weighted by atomic mass is 10.0. The molecule has 1 heterocycles. The number of rotatable bonds is 5. The summed E-state index contributed by atoms with van der Waals surface area (Å²) < 4.78 is 37.9. The summed E-state index contributed by atoms with van der Waals surface area (Å²) in [4.78, 5) is 13.9. The normalized spacial score (nSPS) is 20.4. The van der Waals surface area contributed by atoms with Crippen molar-refractivity contribution in [1.82, 2.24) is 4.90 Å². The van der Waals surface area contributed by atoms with Crippen molar-refractivity contribution in [2.45, 2.75) is 33.1 Å². The van der Waals surface area contributed by atoms with Gasteiger partial charge in [-0.05, 0) is 6.42 Å². The fourth-order valence-corrected chi connectivity index (χ4v) is 5.99. The summed E-state index contributed by atoms with van der Waals surface area (Å²) in [6.07, 6.45) is 3.87. The number of hydrogen-bond donors (Lipinski definition) is 0. The highest BCUT2D eigenvalue weighted by Crippen LogP contribution is 2.15. The first kappa shape index (κ1) is 17.4. The molecule has 0 aromatic carbocycles. The van der Waals surface area contributed by atoms with E-state index >= 15 is 0 Å². The van der Waals surface area contributed by atoms with Crippen LogP contribution in [0.2, 0.25) is 0 Å². The average Bonchev–Trinajstić information content (AvgIpc) is 2.33. The lowest BCUT2D eigenvalue weighted by Gasteiger charge is -2.30. The lowest BCUT2D eigenvalue weighted by molar-refractivity contribution is -0.134. The molecule has 0 bridgehead atoms. The predicted molar refractivity (Wildman–Crippen MR) is 80.4 cm³/mol. The van der Waals surface area contributed by atoms with E-state index in [0.29, 0.717) is 13.1 Å². The van der Waals surface area contributed by atoms with Crippen molar-refractivity contribution >= 4 is 25.7 Å². The van der Waals surface area contributed by atoms with Gasteiger partial charge in [0, 0.05) is 19.0 Å². The van der Waals surface area contributed by atoms with Crippen LogP contribution in [0.15, 0.2) is 3.77 Å². The molecule has 1 rings (SSSR count). The van der Waals surface area contributed by atoms with E-state index in [9.17, 15) is 17.4 Å². The Morgan fingerprint density at radius 2 is 1.90 bits per heavy atom. The highest BCUT2D eigenvalue weighted by Gasteiger charge is 2.27.